The standard InChI is InChI=1S/C15H16N2O5S2/c1-17(2)24(19,20)14-6-4-11(23-14)8-16-15(18)10-3-5-12-13(7-10)22-9-21-12/h3-7H,8-9H2,1-2H3,(H,16,18). The number of carbonyl (C=O) groups excluding carboxylic acids is 1. The van der Waals surface area contributed by atoms with Crippen LogP contribution in [0, 0.1) is 0 Å². The Kier molecular flexibility index (Phi) is 4.48. The topological polar surface area (TPSA) is 84.9 Å². The van der Waals surface area contributed by atoms with E-state index in [9.17, 15) is 13.2 Å². The highest BCUT2D eigenvalue weighted by molar-refractivity contribution is 7.91. The lowest BCUT2D eigenvalue weighted by molar-refractivity contribution is 0.0951. The highest BCUT2D eigenvalue weighted by Gasteiger charge is 2.20. The molecule has 0 aliphatic carbocycles. The van der Waals surface area contributed by atoms with E-state index in [2.05, 4.69) is 5.32 Å². The molecule has 128 valence electrons. The molecule has 0 atom stereocenters. The van der Waals surface area contributed by atoms with Crippen molar-refractivity contribution in [2.45, 2.75) is 10.8 Å². The Bertz CT molecular complexity index is 874. The van der Waals surface area contributed by atoms with Crippen molar-refractivity contribution in [3.8, 4) is 11.5 Å². The Balaban J connectivity index is 1.66. The van der Waals surface area contributed by atoms with Crippen LogP contribution in [0.4, 0.5) is 0 Å². The van der Waals surface area contributed by atoms with Gasteiger partial charge in [0.2, 0.25) is 6.79 Å². The number of nitrogens with one attached hydrogen (secondary N) is 1. The molecule has 0 saturated carbocycles. The normalized spacial score (nSPS) is 13.3. The first-order valence-corrected chi connectivity index (χ1v) is 9.32. The predicted octanol–water partition coefficient (Wildman–Crippen LogP) is 1.66. The second-order valence-electron chi connectivity index (χ2n) is 5.26. The third-order valence-electron chi connectivity index (χ3n) is 3.43. The Labute approximate surface area is 143 Å². The Morgan fingerprint density at radius 1 is 1.21 bits per heavy atom. The Morgan fingerprint density at radius 3 is 2.71 bits per heavy atom. The van der Waals surface area contributed by atoms with E-state index in [1.54, 1.807) is 30.3 Å². The molecule has 2 heterocycles. The zero-order chi connectivity index (χ0) is 17.3. The molecule has 1 aromatic heterocycles. The minimum atomic E-state index is -3.44. The van der Waals surface area contributed by atoms with Crippen LogP contribution in [-0.4, -0.2) is 39.5 Å². The van der Waals surface area contributed by atoms with E-state index >= 15 is 0 Å². The number of fused-ring (bicyclic) bond motifs is 1. The van der Waals surface area contributed by atoms with Gasteiger partial charge in [0.05, 0.1) is 6.54 Å². The van der Waals surface area contributed by atoms with Crippen LogP contribution in [0.1, 0.15) is 15.2 Å². The van der Waals surface area contributed by atoms with Gasteiger partial charge in [0.15, 0.2) is 11.5 Å². The van der Waals surface area contributed by atoms with Gasteiger partial charge < -0.3 is 14.8 Å². The molecule has 0 spiro atoms. The van der Waals surface area contributed by atoms with E-state index < -0.39 is 10.0 Å². The Morgan fingerprint density at radius 2 is 1.96 bits per heavy atom. The van der Waals surface area contributed by atoms with Crippen molar-refractivity contribution >= 4 is 27.3 Å². The van der Waals surface area contributed by atoms with Gasteiger partial charge in [-0.05, 0) is 30.3 Å². The summed E-state index contributed by atoms with van der Waals surface area (Å²) in [6.07, 6.45) is 0. The molecule has 0 radical (unpaired) electrons. The lowest BCUT2D eigenvalue weighted by atomic mass is 10.2. The maximum absolute atomic E-state index is 12.2. The maximum atomic E-state index is 12.2. The lowest BCUT2D eigenvalue weighted by Gasteiger charge is -2.08. The summed E-state index contributed by atoms with van der Waals surface area (Å²) in [5, 5.41) is 2.77. The second-order valence-corrected chi connectivity index (χ2v) is 8.81. The lowest BCUT2D eigenvalue weighted by Crippen LogP contribution is -2.22. The van der Waals surface area contributed by atoms with Gasteiger partial charge in [-0.3, -0.25) is 4.79 Å². The van der Waals surface area contributed by atoms with Crippen LogP contribution < -0.4 is 14.8 Å². The number of nitrogens with zero attached hydrogens (tertiary/aromatic N) is 1. The summed E-state index contributed by atoms with van der Waals surface area (Å²) in [6, 6.07) is 8.19. The molecule has 1 aliphatic rings. The summed E-state index contributed by atoms with van der Waals surface area (Å²) in [5.74, 6) is 0.889. The summed E-state index contributed by atoms with van der Waals surface area (Å²) in [5.41, 5.74) is 0.456. The van der Waals surface area contributed by atoms with Crippen molar-refractivity contribution in [1.29, 1.82) is 0 Å². The fourth-order valence-electron chi connectivity index (χ4n) is 2.08. The van der Waals surface area contributed by atoms with E-state index in [0.29, 0.717) is 17.1 Å². The highest BCUT2D eigenvalue weighted by atomic mass is 32.2. The first-order valence-electron chi connectivity index (χ1n) is 7.07. The van der Waals surface area contributed by atoms with E-state index in [1.807, 2.05) is 0 Å². The number of rotatable bonds is 5. The van der Waals surface area contributed by atoms with Gasteiger partial charge >= 0.3 is 0 Å². The summed E-state index contributed by atoms with van der Waals surface area (Å²) in [6.45, 7) is 0.402. The number of benzene rings is 1. The fourth-order valence-corrected chi connectivity index (χ4v) is 4.54. The summed E-state index contributed by atoms with van der Waals surface area (Å²) < 4.78 is 35.9. The van der Waals surface area contributed by atoms with Crippen LogP contribution in [0.3, 0.4) is 0 Å². The predicted molar refractivity (Wildman–Crippen MR) is 88.9 cm³/mol. The minimum absolute atomic E-state index is 0.152. The molecular formula is C15H16N2O5S2. The molecule has 0 fully saturated rings. The first kappa shape index (κ1) is 16.7. The third-order valence-corrected chi connectivity index (χ3v) is 6.80. The molecule has 1 amide bonds. The molecule has 1 N–H and O–H groups in total. The van der Waals surface area contributed by atoms with Crippen molar-refractivity contribution < 1.29 is 22.7 Å². The summed E-state index contributed by atoms with van der Waals surface area (Å²) in [4.78, 5) is 13.0. The van der Waals surface area contributed by atoms with E-state index in [0.717, 1.165) is 20.5 Å². The van der Waals surface area contributed by atoms with Gasteiger partial charge in [0, 0.05) is 24.5 Å². The molecule has 9 heteroatoms. The van der Waals surface area contributed by atoms with Crippen molar-refractivity contribution in [1.82, 2.24) is 9.62 Å². The molecule has 0 unspecified atom stereocenters. The van der Waals surface area contributed by atoms with Crippen LogP contribution in [-0.2, 0) is 16.6 Å². The van der Waals surface area contributed by atoms with Crippen LogP contribution in [0.2, 0.25) is 0 Å². The molecule has 7 nitrogen and oxygen atoms in total. The summed E-state index contributed by atoms with van der Waals surface area (Å²) in [7, 11) is -0.480. The quantitative estimate of drug-likeness (QED) is 0.868. The third kappa shape index (κ3) is 3.23. The van der Waals surface area contributed by atoms with Crippen molar-refractivity contribution in [2.24, 2.45) is 0 Å². The van der Waals surface area contributed by atoms with Gasteiger partial charge in [0.25, 0.3) is 15.9 Å². The fraction of sp³-hybridized carbons (Fsp3) is 0.267. The first-order chi connectivity index (χ1) is 11.4. The number of carbonyl (C=O) groups is 1. The molecule has 0 bridgehead atoms. The van der Waals surface area contributed by atoms with Gasteiger partial charge in [-0.1, -0.05) is 0 Å². The number of hydrogen-bond donors (Lipinski definition) is 1. The molecular weight excluding hydrogens is 352 g/mol. The molecule has 1 aliphatic heterocycles. The Hall–Kier alpha value is -2.10. The van der Waals surface area contributed by atoms with Gasteiger partial charge in [-0.2, -0.15) is 0 Å². The SMILES string of the molecule is CN(C)S(=O)(=O)c1ccc(CNC(=O)c2ccc3c(c2)OCO3)s1. The minimum Gasteiger partial charge on any atom is -0.454 e. The number of thiophene rings is 1. The largest absolute Gasteiger partial charge is 0.454 e. The molecule has 24 heavy (non-hydrogen) atoms. The highest BCUT2D eigenvalue weighted by Crippen LogP contribution is 2.32. The smallest absolute Gasteiger partial charge is 0.252 e. The molecule has 1 aromatic carbocycles. The second kappa shape index (κ2) is 6.42. The number of amides is 1. The number of ether oxygens (including phenoxy) is 2. The van der Waals surface area contributed by atoms with Crippen molar-refractivity contribution in [3.63, 3.8) is 0 Å². The van der Waals surface area contributed by atoms with Gasteiger partial charge in [0.1, 0.15) is 4.21 Å². The maximum Gasteiger partial charge on any atom is 0.252 e. The average Bonchev–Trinajstić information content (AvgIpc) is 3.20. The van der Waals surface area contributed by atoms with E-state index in [4.69, 9.17) is 9.47 Å². The van der Waals surface area contributed by atoms with Crippen LogP contribution in [0.15, 0.2) is 34.5 Å². The number of hydrogen-bond acceptors (Lipinski definition) is 6. The zero-order valence-electron chi connectivity index (χ0n) is 13.1. The molecule has 2 aromatic rings. The average molecular weight is 368 g/mol. The van der Waals surface area contributed by atoms with Gasteiger partial charge in [-0.15, -0.1) is 11.3 Å². The number of sulfonamides is 1. The molecule has 3 rings (SSSR count). The van der Waals surface area contributed by atoms with Gasteiger partial charge in [-0.25, -0.2) is 12.7 Å². The van der Waals surface area contributed by atoms with Crippen molar-refractivity contribution in [3.05, 3.63) is 40.8 Å². The van der Waals surface area contributed by atoms with E-state index in [1.165, 1.54) is 14.1 Å². The summed E-state index contributed by atoms with van der Waals surface area (Å²) >= 11 is 1.14. The monoisotopic (exact) mass is 368 g/mol. The van der Waals surface area contributed by atoms with E-state index in [-0.39, 0.29) is 23.5 Å². The molecule has 0 saturated heterocycles. The van der Waals surface area contributed by atoms with Crippen molar-refractivity contribution in [2.75, 3.05) is 20.9 Å². The zero-order valence-corrected chi connectivity index (χ0v) is 14.7. The van der Waals surface area contributed by atoms with Crippen LogP contribution in [0.25, 0.3) is 0 Å². The van der Waals surface area contributed by atoms with Crippen LogP contribution in [0.5, 0.6) is 11.5 Å². The van der Waals surface area contributed by atoms with Crippen LogP contribution >= 0.6 is 11.3 Å².